The fraction of sp³-hybridized carbons (Fsp3) is 0.316. The Morgan fingerprint density at radius 1 is 1.31 bits per heavy atom. The second-order valence-electron chi connectivity index (χ2n) is 6.47. The lowest BCUT2D eigenvalue weighted by Gasteiger charge is -2.08. The Kier molecular flexibility index (Phi) is 4.79. The van der Waals surface area contributed by atoms with Gasteiger partial charge in [0.25, 0.3) is 5.91 Å². The first-order valence-electron chi connectivity index (χ1n) is 8.76. The van der Waals surface area contributed by atoms with Gasteiger partial charge in [0.1, 0.15) is 0 Å². The SMILES string of the molecule is O=C(Nc1cnn(CC2CCCO2)c1)c1ccc(Cn2ccnc2)cc1. The van der Waals surface area contributed by atoms with Gasteiger partial charge in [0.2, 0.25) is 0 Å². The molecule has 0 bridgehead atoms. The summed E-state index contributed by atoms with van der Waals surface area (Å²) in [5.74, 6) is -0.143. The highest BCUT2D eigenvalue weighted by atomic mass is 16.5. The maximum absolute atomic E-state index is 12.4. The molecule has 1 aliphatic heterocycles. The minimum Gasteiger partial charge on any atom is -0.376 e. The van der Waals surface area contributed by atoms with Gasteiger partial charge in [-0.15, -0.1) is 0 Å². The highest BCUT2D eigenvalue weighted by Gasteiger charge is 2.16. The number of imidazole rings is 1. The Morgan fingerprint density at radius 3 is 2.92 bits per heavy atom. The van der Waals surface area contributed by atoms with Gasteiger partial charge in [0, 0.05) is 37.3 Å². The molecule has 0 spiro atoms. The van der Waals surface area contributed by atoms with Crippen LogP contribution < -0.4 is 5.32 Å². The third-order valence-corrected chi connectivity index (χ3v) is 4.45. The zero-order valence-corrected chi connectivity index (χ0v) is 14.4. The Bertz CT molecular complexity index is 848. The van der Waals surface area contributed by atoms with Crippen LogP contribution in [0, 0.1) is 0 Å². The normalized spacial score (nSPS) is 16.7. The average molecular weight is 351 g/mol. The Balaban J connectivity index is 1.34. The second kappa shape index (κ2) is 7.53. The number of anilines is 1. The zero-order chi connectivity index (χ0) is 17.8. The van der Waals surface area contributed by atoms with Crippen molar-refractivity contribution in [3.63, 3.8) is 0 Å². The predicted octanol–water partition coefficient (Wildman–Crippen LogP) is 2.56. The van der Waals surface area contributed by atoms with E-state index in [4.69, 9.17) is 4.74 Å². The lowest BCUT2D eigenvalue weighted by molar-refractivity contribution is 0.0940. The van der Waals surface area contributed by atoms with E-state index >= 15 is 0 Å². The number of hydrogen-bond acceptors (Lipinski definition) is 4. The molecule has 7 heteroatoms. The quantitative estimate of drug-likeness (QED) is 0.741. The summed E-state index contributed by atoms with van der Waals surface area (Å²) in [7, 11) is 0. The summed E-state index contributed by atoms with van der Waals surface area (Å²) in [5.41, 5.74) is 2.42. The van der Waals surface area contributed by atoms with Crippen molar-refractivity contribution in [2.24, 2.45) is 0 Å². The molecule has 1 saturated heterocycles. The summed E-state index contributed by atoms with van der Waals surface area (Å²) >= 11 is 0. The third kappa shape index (κ3) is 4.00. The van der Waals surface area contributed by atoms with Gasteiger partial charge in [-0.05, 0) is 30.5 Å². The van der Waals surface area contributed by atoms with Crippen molar-refractivity contribution in [2.45, 2.75) is 32.0 Å². The standard InChI is InChI=1S/C19H21N5O2/c25-19(16-5-3-15(4-6-16)11-23-8-7-20-14-23)22-17-10-21-24(12-17)13-18-2-1-9-26-18/h3-8,10,12,14,18H,1-2,9,11,13H2,(H,22,25). The third-order valence-electron chi connectivity index (χ3n) is 4.45. The first-order valence-corrected chi connectivity index (χ1v) is 8.76. The molecule has 0 aliphatic carbocycles. The molecule has 26 heavy (non-hydrogen) atoms. The largest absolute Gasteiger partial charge is 0.376 e. The lowest BCUT2D eigenvalue weighted by atomic mass is 10.1. The van der Waals surface area contributed by atoms with Crippen LogP contribution in [0.2, 0.25) is 0 Å². The Morgan fingerprint density at radius 2 is 2.19 bits per heavy atom. The number of nitrogens with zero attached hydrogens (tertiary/aromatic N) is 4. The molecule has 134 valence electrons. The van der Waals surface area contributed by atoms with E-state index in [-0.39, 0.29) is 12.0 Å². The van der Waals surface area contributed by atoms with Gasteiger partial charge in [0.05, 0.1) is 30.9 Å². The van der Waals surface area contributed by atoms with Gasteiger partial charge in [-0.1, -0.05) is 12.1 Å². The van der Waals surface area contributed by atoms with Crippen LogP contribution in [-0.2, 0) is 17.8 Å². The smallest absolute Gasteiger partial charge is 0.255 e. The molecule has 3 heterocycles. The lowest BCUT2D eigenvalue weighted by Crippen LogP contribution is -2.15. The highest BCUT2D eigenvalue weighted by molar-refractivity contribution is 6.04. The number of carbonyl (C=O) groups is 1. The number of benzene rings is 1. The molecule has 2 aromatic heterocycles. The van der Waals surface area contributed by atoms with Gasteiger partial charge in [0.15, 0.2) is 0 Å². The highest BCUT2D eigenvalue weighted by Crippen LogP contribution is 2.15. The van der Waals surface area contributed by atoms with E-state index in [1.54, 1.807) is 18.7 Å². The van der Waals surface area contributed by atoms with E-state index in [2.05, 4.69) is 15.4 Å². The average Bonchev–Trinajstić information content (AvgIpc) is 3.40. The molecule has 4 rings (SSSR count). The minimum atomic E-state index is -0.143. The molecule has 1 unspecified atom stereocenters. The van der Waals surface area contributed by atoms with E-state index in [0.29, 0.717) is 11.3 Å². The minimum absolute atomic E-state index is 0.143. The van der Waals surface area contributed by atoms with Crippen LogP contribution in [0.25, 0.3) is 0 Å². The van der Waals surface area contributed by atoms with Gasteiger partial charge in [-0.3, -0.25) is 9.48 Å². The van der Waals surface area contributed by atoms with E-state index < -0.39 is 0 Å². The molecule has 0 saturated carbocycles. The van der Waals surface area contributed by atoms with Crippen molar-refractivity contribution in [3.8, 4) is 0 Å². The monoisotopic (exact) mass is 351 g/mol. The van der Waals surface area contributed by atoms with Crippen molar-refractivity contribution < 1.29 is 9.53 Å². The van der Waals surface area contributed by atoms with Gasteiger partial charge in [-0.2, -0.15) is 5.10 Å². The number of rotatable bonds is 6. The van der Waals surface area contributed by atoms with Crippen molar-refractivity contribution in [1.82, 2.24) is 19.3 Å². The maximum Gasteiger partial charge on any atom is 0.255 e. The van der Waals surface area contributed by atoms with Crippen LogP contribution in [0.4, 0.5) is 5.69 Å². The van der Waals surface area contributed by atoms with E-state index in [1.807, 2.05) is 45.9 Å². The number of ether oxygens (including phenoxy) is 1. The number of aromatic nitrogens is 4. The first-order chi connectivity index (χ1) is 12.8. The van der Waals surface area contributed by atoms with Crippen LogP contribution in [0.5, 0.6) is 0 Å². The molecule has 1 amide bonds. The summed E-state index contributed by atoms with van der Waals surface area (Å²) < 4.78 is 9.41. The van der Waals surface area contributed by atoms with Crippen LogP contribution >= 0.6 is 0 Å². The van der Waals surface area contributed by atoms with E-state index in [9.17, 15) is 4.79 Å². The molecule has 1 aromatic carbocycles. The van der Waals surface area contributed by atoms with E-state index in [0.717, 1.165) is 38.1 Å². The van der Waals surface area contributed by atoms with Gasteiger partial charge in [-0.25, -0.2) is 4.98 Å². The molecule has 1 fully saturated rings. The molecular weight excluding hydrogens is 330 g/mol. The van der Waals surface area contributed by atoms with Gasteiger partial charge >= 0.3 is 0 Å². The molecule has 3 aromatic rings. The summed E-state index contributed by atoms with van der Waals surface area (Å²) in [6.07, 6.45) is 11.3. The van der Waals surface area contributed by atoms with Crippen molar-refractivity contribution in [3.05, 3.63) is 66.5 Å². The molecule has 1 atom stereocenters. The fourth-order valence-electron chi connectivity index (χ4n) is 3.08. The van der Waals surface area contributed by atoms with Gasteiger partial charge < -0.3 is 14.6 Å². The Hall–Kier alpha value is -2.93. The summed E-state index contributed by atoms with van der Waals surface area (Å²) in [4.78, 5) is 16.4. The molecule has 0 radical (unpaired) electrons. The van der Waals surface area contributed by atoms with Crippen LogP contribution in [0.1, 0.15) is 28.8 Å². The molecular formula is C19H21N5O2. The topological polar surface area (TPSA) is 74.0 Å². The van der Waals surface area contributed by atoms with Crippen LogP contribution in [0.15, 0.2) is 55.4 Å². The number of amides is 1. The van der Waals surface area contributed by atoms with Crippen LogP contribution in [-0.4, -0.2) is 37.9 Å². The molecule has 1 N–H and O–H groups in total. The summed E-state index contributed by atoms with van der Waals surface area (Å²) in [6, 6.07) is 7.57. The number of nitrogens with one attached hydrogen (secondary N) is 1. The van der Waals surface area contributed by atoms with Crippen molar-refractivity contribution in [1.29, 1.82) is 0 Å². The second-order valence-corrected chi connectivity index (χ2v) is 6.47. The Labute approximate surface area is 151 Å². The van der Waals surface area contributed by atoms with E-state index in [1.165, 1.54) is 0 Å². The molecule has 7 nitrogen and oxygen atoms in total. The summed E-state index contributed by atoms with van der Waals surface area (Å²) in [5, 5.41) is 7.19. The maximum atomic E-state index is 12.4. The fourth-order valence-corrected chi connectivity index (χ4v) is 3.08. The van der Waals surface area contributed by atoms with Crippen LogP contribution in [0.3, 0.4) is 0 Å². The summed E-state index contributed by atoms with van der Waals surface area (Å²) in [6.45, 7) is 2.28. The first kappa shape index (κ1) is 16.5. The zero-order valence-electron chi connectivity index (χ0n) is 14.4. The van der Waals surface area contributed by atoms with Crippen molar-refractivity contribution in [2.75, 3.05) is 11.9 Å². The predicted molar refractivity (Wildman–Crippen MR) is 96.9 cm³/mol. The molecule has 1 aliphatic rings. The van der Waals surface area contributed by atoms with Crippen molar-refractivity contribution >= 4 is 11.6 Å². The number of hydrogen-bond donors (Lipinski definition) is 1. The number of carbonyl (C=O) groups excluding carboxylic acids is 1.